The van der Waals surface area contributed by atoms with Crippen molar-refractivity contribution in [1.29, 1.82) is 0 Å². The maximum atomic E-state index is 12.1. The molecule has 0 fully saturated rings. The van der Waals surface area contributed by atoms with E-state index in [1.807, 2.05) is 42.5 Å². The van der Waals surface area contributed by atoms with E-state index in [-0.39, 0.29) is 17.9 Å². The minimum Gasteiger partial charge on any atom is -0.497 e. The predicted octanol–water partition coefficient (Wildman–Crippen LogP) is 4.62. The summed E-state index contributed by atoms with van der Waals surface area (Å²) in [5.74, 6) is 1.19. The lowest BCUT2D eigenvalue weighted by molar-refractivity contribution is -0.118. The highest BCUT2D eigenvalue weighted by Gasteiger charge is 2.13. The molecule has 2 aromatic carbocycles. The van der Waals surface area contributed by atoms with E-state index < -0.39 is 0 Å². The van der Waals surface area contributed by atoms with Gasteiger partial charge in [-0.2, -0.15) is 0 Å². The number of carbonyl (C=O) groups is 1. The van der Waals surface area contributed by atoms with Gasteiger partial charge in [0.05, 0.1) is 17.3 Å². The molecule has 3 aromatic rings. The molecule has 0 atom stereocenters. The third-order valence-corrected chi connectivity index (χ3v) is 4.87. The molecule has 0 radical (unpaired) electrons. The summed E-state index contributed by atoms with van der Waals surface area (Å²) < 4.78 is 11.7. The molecule has 0 saturated carbocycles. The Morgan fingerprint density at radius 1 is 1.12 bits per heavy atom. The molecular formula is C20H22N2O3S. The first-order chi connectivity index (χ1) is 12.3. The molecule has 6 heteroatoms. The Kier molecular flexibility index (Phi) is 5.13. The largest absolute Gasteiger partial charge is 0.497 e. The number of nitrogens with one attached hydrogen (secondary N) is 1. The highest BCUT2D eigenvalue weighted by molar-refractivity contribution is 7.22. The third kappa shape index (κ3) is 4.32. The Hall–Kier alpha value is -2.60. The normalized spacial score (nSPS) is 11.4. The van der Waals surface area contributed by atoms with E-state index in [0.29, 0.717) is 10.9 Å². The van der Waals surface area contributed by atoms with Gasteiger partial charge in [-0.25, -0.2) is 4.98 Å². The van der Waals surface area contributed by atoms with E-state index in [0.717, 1.165) is 16.0 Å². The fourth-order valence-electron chi connectivity index (χ4n) is 2.44. The summed E-state index contributed by atoms with van der Waals surface area (Å²) >= 11 is 1.40. The van der Waals surface area contributed by atoms with E-state index >= 15 is 0 Å². The van der Waals surface area contributed by atoms with E-state index in [4.69, 9.17) is 9.47 Å². The summed E-state index contributed by atoms with van der Waals surface area (Å²) in [4.78, 5) is 16.5. The van der Waals surface area contributed by atoms with Crippen molar-refractivity contribution in [3.05, 3.63) is 48.0 Å². The van der Waals surface area contributed by atoms with Crippen LogP contribution < -0.4 is 14.8 Å². The number of fused-ring (bicyclic) bond motifs is 1. The molecular weight excluding hydrogens is 348 g/mol. The fourth-order valence-corrected chi connectivity index (χ4v) is 3.35. The zero-order chi connectivity index (χ0) is 18.7. The average molecular weight is 370 g/mol. The maximum Gasteiger partial charge on any atom is 0.264 e. The molecule has 1 aromatic heterocycles. The molecule has 5 nitrogen and oxygen atoms in total. The molecule has 1 heterocycles. The minimum absolute atomic E-state index is 0.0614. The monoisotopic (exact) mass is 370 g/mol. The number of anilines is 1. The van der Waals surface area contributed by atoms with Crippen molar-refractivity contribution in [2.45, 2.75) is 26.2 Å². The van der Waals surface area contributed by atoms with Gasteiger partial charge in [-0.3, -0.25) is 10.1 Å². The SMILES string of the molecule is COc1ccc2nc(NC(=O)COc3ccc(C(C)(C)C)cc3)sc2c1. The molecule has 0 unspecified atom stereocenters. The van der Waals surface area contributed by atoms with Gasteiger partial charge in [-0.1, -0.05) is 44.2 Å². The van der Waals surface area contributed by atoms with Gasteiger partial charge in [0.25, 0.3) is 5.91 Å². The fraction of sp³-hybridized carbons (Fsp3) is 0.300. The Balaban J connectivity index is 1.59. The van der Waals surface area contributed by atoms with Crippen LogP contribution in [0.5, 0.6) is 11.5 Å². The van der Waals surface area contributed by atoms with E-state index in [1.165, 1.54) is 16.9 Å². The first-order valence-electron chi connectivity index (χ1n) is 8.33. The van der Waals surface area contributed by atoms with Crippen molar-refractivity contribution < 1.29 is 14.3 Å². The van der Waals surface area contributed by atoms with Crippen LogP contribution in [0.1, 0.15) is 26.3 Å². The lowest BCUT2D eigenvalue weighted by Crippen LogP contribution is -2.20. The third-order valence-electron chi connectivity index (χ3n) is 3.93. The van der Waals surface area contributed by atoms with Crippen LogP contribution in [-0.2, 0) is 10.2 Å². The number of thiazole rings is 1. The summed E-state index contributed by atoms with van der Waals surface area (Å²) in [6.07, 6.45) is 0. The van der Waals surface area contributed by atoms with E-state index in [9.17, 15) is 4.79 Å². The number of ether oxygens (including phenoxy) is 2. The van der Waals surface area contributed by atoms with Crippen molar-refractivity contribution in [3.63, 3.8) is 0 Å². The lowest BCUT2D eigenvalue weighted by Gasteiger charge is -2.19. The summed E-state index contributed by atoms with van der Waals surface area (Å²) in [5.41, 5.74) is 2.13. The Labute approximate surface area is 157 Å². The van der Waals surface area contributed by atoms with Crippen molar-refractivity contribution >= 4 is 32.6 Å². The number of amides is 1. The number of aromatic nitrogens is 1. The highest BCUT2D eigenvalue weighted by Crippen LogP contribution is 2.29. The van der Waals surface area contributed by atoms with Gasteiger partial charge in [0, 0.05) is 0 Å². The quantitative estimate of drug-likeness (QED) is 0.712. The van der Waals surface area contributed by atoms with Crippen LogP contribution in [0, 0.1) is 0 Å². The number of hydrogen-bond acceptors (Lipinski definition) is 5. The minimum atomic E-state index is -0.240. The van der Waals surface area contributed by atoms with Crippen LogP contribution in [0.25, 0.3) is 10.2 Å². The molecule has 0 bridgehead atoms. The molecule has 0 aliphatic carbocycles. The Bertz CT molecular complexity index is 911. The molecule has 0 saturated heterocycles. The standard InChI is InChI=1S/C20H22N2O3S/c1-20(2,3)13-5-7-14(8-6-13)25-12-18(23)22-19-21-16-10-9-15(24-4)11-17(16)26-19/h5-11H,12H2,1-4H3,(H,21,22,23). The van der Waals surface area contributed by atoms with Gasteiger partial charge in [0.2, 0.25) is 0 Å². The van der Waals surface area contributed by atoms with Gasteiger partial charge in [0.15, 0.2) is 11.7 Å². The van der Waals surface area contributed by atoms with Crippen LogP contribution in [0.3, 0.4) is 0 Å². The number of rotatable bonds is 5. The van der Waals surface area contributed by atoms with Gasteiger partial charge < -0.3 is 9.47 Å². The second-order valence-electron chi connectivity index (χ2n) is 6.96. The highest BCUT2D eigenvalue weighted by atomic mass is 32.1. The van der Waals surface area contributed by atoms with Gasteiger partial charge in [-0.05, 0) is 41.3 Å². The second-order valence-corrected chi connectivity index (χ2v) is 7.99. The lowest BCUT2D eigenvalue weighted by atomic mass is 9.87. The number of benzene rings is 2. The van der Waals surface area contributed by atoms with Crippen LogP contribution in [0.2, 0.25) is 0 Å². The van der Waals surface area contributed by atoms with Crippen LogP contribution in [-0.4, -0.2) is 24.6 Å². The summed E-state index contributed by atoms with van der Waals surface area (Å²) in [6, 6.07) is 13.4. The van der Waals surface area contributed by atoms with E-state index in [1.54, 1.807) is 7.11 Å². The summed E-state index contributed by atoms with van der Waals surface area (Å²) in [5, 5.41) is 3.32. The molecule has 1 amide bonds. The van der Waals surface area contributed by atoms with Crippen LogP contribution >= 0.6 is 11.3 Å². The Morgan fingerprint density at radius 3 is 2.46 bits per heavy atom. The number of nitrogens with zero attached hydrogens (tertiary/aromatic N) is 1. The Morgan fingerprint density at radius 2 is 1.81 bits per heavy atom. The van der Waals surface area contributed by atoms with Gasteiger partial charge in [-0.15, -0.1) is 0 Å². The smallest absolute Gasteiger partial charge is 0.264 e. The van der Waals surface area contributed by atoms with Gasteiger partial charge >= 0.3 is 0 Å². The van der Waals surface area contributed by atoms with Gasteiger partial charge in [0.1, 0.15) is 11.5 Å². The maximum absolute atomic E-state index is 12.1. The molecule has 0 aliphatic rings. The first kappa shape index (κ1) is 18.2. The topological polar surface area (TPSA) is 60.5 Å². The van der Waals surface area contributed by atoms with Crippen LogP contribution in [0.4, 0.5) is 5.13 Å². The van der Waals surface area contributed by atoms with Crippen LogP contribution in [0.15, 0.2) is 42.5 Å². The predicted molar refractivity (Wildman–Crippen MR) is 105 cm³/mol. The number of hydrogen-bond donors (Lipinski definition) is 1. The summed E-state index contributed by atoms with van der Waals surface area (Å²) in [6.45, 7) is 6.41. The molecule has 0 aliphatic heterocycles. The molecule has 1 N–H and O–H groups in total. The molecule has 3 rings (SSSR count). The van der Waals surface area contributed by atoms with E-state index in [2.05, 4.69) is 31.1 Å². The number of methoxy groups -OCH3 is 1. The van der Waals surface area contributed by atoms with Crippen molar-refractivity contribution in [2.24, 2.45) is 0 Å². The van der Waals surface area contributed by atoms with Crippen molar-refractivity contribution in [3.8, 4) is 11.5 Å². The molecule has 26 heavy (non-hydrogen) atoms. The zero-order valence-electron chi connectivity index (χ0n) is 15.3. The molecule has 0 spiro atoms. The van der Waals surface area contributed by atoms with Crippen molar-refractivity contribution in [2.75, 3.05) is 19.0 Å². The molecule has 136 valence electrons. The first-order valence-corrected chi connectivity index (χ1v) is 9.14. The van der Waals surface area contributed by atoms with Crippen molar-refractivity contribution in [1.82, 2.24) is 4.98 Å². The average Bonchev–Trinajstić information content (AvgIpc) is 3.00. The summed E-state index contributed by atoms with van der Waals surface area (Å²) in [7, 11) is 1.62. The second kappa shape index (κ2) is 7.33. The zero-order valence-corrected chi connectivity index (χ0v) is 16.1. The number of carbonyl (C=O) groups excluding carboxylic acids is 1.